The van der Waals surface area contributed by atoms with Crippen LogP contribution in [0.15, 0.2) is 41.0 Å². The van der Waals surface area contributed by atoms with Crippen molar-refractivity contribution in [1.29, 1.82) is 5.41 Å². The minimum absolute atomic E-state index is 0.0650. The highest BCUT2D eigenvalue weighted by molar-refractivity contribution is 9.10. The van der Waals surface area contributed by atoms with Gasteiger partial charge in [0.2, 0.25) is 0 Å². The van der Waals surface area contributed by atoms with E-state index >= 15 is 0 Å². The molecule has 1 aromatic heterocycles. The fraction of sp³-hybridized carbons (Fsp3) is 0.143. The molecule has 5 heteroatoms. The van der Waals surface area contributed by atoms with Crippen LogP contribution in [0.5, 0.6) is 0 Å². The Balaban J connectivity index is 2.37. The number of nitrogens with one attached hydrogen (secondary N) is 1. The number of nitrogens with two attached hydrogens (primary N) is 1. The van der Waals surface area contributed by atoms with E-state index in [2.05, 4.69) is 20.9 Å². The van der Waals surface area contributed by atoms with E-state index in [1.807, 2.05) is 49.2 Å². The maximum Gasteiger partial charge on any atom is 0.132 e. The summed E-state index contributed by atoms with van der Waals surface area (Å²) < 4.78 is 0.988. The summed E-state index contributed by atoms with van der Waals surface area (Å²) in [7, 11) is 1.94. The molecule has 3 N–H and O–H groups in total. The molecule has 0 fully saturated rings. The SMILES string of the molecule is Cc1cc(N(C)c2cccc(C(=N)N)c2)ncc1Br. The smallest absolute Gasteiger partial charge is 0.132 e. The number of pyridine rings is 1. The minimum atomic E-state index is 0.0650. The van der Waals surface area contributed by atoms with Gasteiger partial charge >= 0.3 is 0 Å². The zero-order chi connectivity index (χ0) is 14.0. The number of rotatable bonds is 3. The van der Waals surface area contributed by atoms with Crippen molar-refractivity contribution in [3.63, 3.8) is 0 Å². The summed E-state index contributed by atoms with van der Waals surface area (Å²) >= 11 is 3.44. The summed E-state index contributed by atoms with van der Waals surface area (Å²) in [4.78, 5) is 6.35. The molecule has 0 saturated heterocycles. The Bertz CT molecular complexity index is 625. The van der Waals surface area contributed by atoms with Gasteiger partial charge < -0.3 is 10.6 Å². The molecule has 1 heterocycles. The molecule has 0 saturated carbocycles. The van der Waals surface area contributed by atoms with Crippen LogP contribution in [0.3, 0.4) is 0 Å². The number of nitrogens with zero attached hydrogens (tertiary/aromatic N) is 2. The number of anilines is 2. The van der Waals surface area contributed by atoms with Crippen molar-refractivity contribution in [2.45, 2.75) is 6.92 Å². The van der Waals surface area contributed by atoms with Gasteiger partial charge in [0.1, 0.15) is 11.7 Å². The molecule has 0 spiro atoms. The Labute approximate surface area is 120 Å². The van der Waals surface area contributed by atoms with E-state index in [4.69, 9.17) is 11.1 Å². The molecule has 0 radical (unpaired) electrons. The van der Waals surface area contributed by atoms with Crippen molar-refractivity contribution in [2.75, 3.05) is 11.9 Å². The molecular weight excluding hydrogens is 304 g/mol. The van der Waals surface area contributed by atoms with Gasteiger partial charge in [-0.3, -0.25) is 5.41 Å². The third-order valence-corrected chi connectivity index (χ3v) is 3.75. The van der Waals surface area contributed by atoms with Gasteiger partial charge in [0.05, 0.1) is 0 Å². The molecule has 1 aromatic carbocycles. The second kappa shape index (κ2) is 5.40. The number of hydrogen-bond acceptors (Lipinski definition) is 3. The third-order valence-electron chi connectivity index (χ3n) is 2.92. The lowest BCUT2D eigenvalue weighted by Crippen LogP contribution is -2.14. The highest BCUT2D eigenvalue weighted by Crippen LogP contribution is 2.25. The average Bonchev–Trinajstić information content (AvgIpc) is 2.41. The molecular formula is C14H15BrN4. The minimum Gasteiger partial charge on any atom is -0.384 e. The summed E-state index contributed by atoms with van der Waals surface area (Å²) in [5.74, 6) is 0.914. The van der Waals surface area contributed by atoms with E-state index in [0.29, 0.717) is 5.56 Å². The molecule has 0 aliphatic heterocycles. The van der Waals surface area contributed by atoms with Gasteiger partial charge in [-0.15, -0.1) is 0 Å². The fourth-order valence-electron chi connectivity index (χ4n) is 1.72. The zero-order valence-electron chi connectivity index (χ0n) is 10.8. The standard InChI is InChI=1S/C14H15BrN4/c1-9-6-13(18-8-12(9)15)19(2)11-5-3-4-10(7-11)14(16)17/h3-8H,1-2H3,(H3,16,17). The van der Waals surface area contributed by atoms with Gasteiger partial charge in [0.15, 0.2) is 0 Å². The number of hydrogen-bond donors (Lipinski definition) is 2. The molecule has 0 aliphatic carbocycles. The second-order valence-corrected chi connectivity index (χ2v) is 5.17. The van der Waals surface area contributed by atoms with E-state index in [-0.39, 0.29) is 5.84 Å². The molecule has 0 aliphatic rings. The van der Waals surface area contributed by atoms with E-state index in [0.717, 1.165) is 21.5 Å². The lowest BCUT2D eigenvalue weighted by atomic mass is 10.1. The number of halogens is 1. The third kappa shape index (κ3) is 2.93. The van der Waals surface area contributed by atoms with Crippen molar-refractivity contribution in [1.82, 2.24) is 4.98 Å². The molecule has 98 valence electrons. The highest BCUT2D eigenvalue weighted by Gasteiger charge is 2.08. The van der Waals surface area contributed by atoms with E-state index in [9.17, 15) is 0 Å². The maximum atomic E-state index is 7.48. The average molecular weight is 319 g/mol. The van der Waals surface area contributed by atoms with E-state index in [1.54, 1.807) is 6.20 Å². The molecule has 0 amide bonds. The van der Waals surface area contributed by atoms with Crippen LogP contribution in [0, 0.1) is 12.3 Å². The first-order valence-electron chi connectivity index (χ1n) is 5.79. The van der Waals surface area contributed by atoms with Crippen LogP contribution < -0.4 is 10.6 Å². The topological polar surface area (TPSA) is 66.0 Å². The van der Waals surface area contributed by atoms with Gasteiger partial charge in [0, 0.05) is 29.0 Å². The van der Waals surface area contributed by atoms with Crippen LogP contribution in [0.4, 0.5) is 11.5 Å². The Morgan fingerprint density at radius 1 is 1.37 bits per heavy atom. The quantitative estimate of drug-likeness (QED) is 0.674. The number of amidine groups is 1. The summed E-state index contributed by atoms with van der Waals surface area (Å²) in [5.41, 5.74) is 8.29. The van der Waals surface area contributed by atoms with Crippen LogP contribution in [-0.2, 0) is 0 Å². The molecule has 0 atom stereocenters. The number of aromatic nitrogens is 1. The maximum absolute atomic E-state index is 7.48. The molecule has 0 bridgehead atoms. The van der Waals surface area contributed by atoms with Gasteiger partial charge in [0.25, 0.3) is 0 Å². The summed E-state index contributed by atoms with van der Waals surface area (Å²) in [6.07, 6.45) is 1.79. The molecule has 2 rings (SSSR count). The summed E-state index contributed by atoms with van der Waals surface area (Å²) in [6, 6.07) is 9.55. The summed E-state index contributed by atoms with van der Waals surface area (Å²) in [6.45, 7) is 2.02. The molecule has 0 unspecified atom stereocenters. The van der Waals surface area contributed by atoms with Crippen LogP contribution in [-0.4, -0.2) is 17.9 Å². The predicted octanol–water partition coefficient (Wildman–Crippen LogP) is 3.20. The zero-order valence-corrected chi connectivity index (χ0v) is 12.4. The lowest BCUT2D eigenvalue weighted by molar-refractivity contribution is 1.11. The van der Waals surface area contributed by atoms with E-state index < -0.39 is 0 Å². The van der Waals surface area contributed by atoms with Crippen molar-refractivity contribution >= 4 is 33.3 Å². The van der Waals surface area contributed by atoms with Gasteiger partial charge in [-0.05, 0) is 46.6 Å². The van der Waals surface area contributed by atoms with Gasteiger partial charge in [-0.2, -0.15) is 0 Å². The van der Waals surface area contributed by atoms with Crippen LogP contribution in [0.1, 0.15) is 11.1 Å². The highest BCUT2D eigenvalue weighted by atomic mass is 79.9. The largest absolute Gasteiger partial charge is 0.384 e. The first kappa shape index (κ1) is 13.5. The normalized spacial score (nSPS) is 10.3. The summed E-state index contributed by atoms with van der Waals surface area (Å²) in [5, 5.41) is 7.48. The Morgan fingerprint density at radius 2 is 2.11 bits per heavy atom. The van der Waals surface area contributed by atoms with Crippen molar-refractivity contribution in [3.05, 3.63) is 52.1 Å². The van der Waals surface area contributed by atoms with E-state index in [1.165, 1.54) is 0 Å². The Morgan fingerprint density at radius 3 is 2.74 bits per heavy atom. The Hall–Kier alpha value is -1.88. The van der Waals surface area contributed by atoms with Gasteiger partial charge in [-0.1, -0.05) is 12.1 Å². The van der Waals surface area contributed by atoms with Crippen LogP contribution >= 0.6 is 15.9 Å². The fourth-order valence-corrected chi connectivity index (χ4v) is 1.94. The molecule has 4 nitrogen and oxygen atoms in total. The number of benzene rings is 1. The molecule has 2 aromatic rings. The van der Waals surface area contributed by atoms with Crippen LogP contribution in [0.2, 0.25) is 0 Å². The molecule has 19 heavy (non-hydrogen) atoms. The van der Waals surface area contributed by atoms with Crippen molar-refractivity contribution in [3.8, 4) is 0 Å². The monoisotopic (exact) mass is 318 g/mol. The first-order valence-corrected chi connectivity index (χ1v) is 6.58. The van der Waals surface area contributed by atoms with Crippen LogP contribution in [0.25, 0.3) is 0 Å². The lowest BCUT2D eigenvalue weighted by Gasteiger charge is -2.19. The second-order valence-electron chi connectivity index (χ2n) is 4.31. The van der Waals surface area contributed by atoms with Gasteiger partial charge in [-0.25, -0.2) is 4.98 Å². The van der Waals surface area contributed by atoms with Crippen molar-refractivity contribution in [2.24, 2.45) is 5.73 Å². The Kier molecular flexibility index (Phi) is 3.85. The predicted molar refractivity (Wildman–Crippen MR) is 82.2 cm³/mol. The number of aryl methyl sites for hydroxylation is 1. The van der Waals surface area contributed by atoms with Crippen molar-refractivity contribution < 1.29 is 0 Å². The first-order chi connectivity index (χ1) is 8.99. The number of nitrogen functional groups attached to an aromatic ring is 1.